The SMILES string of the molecule is COc1ccccc1C1CNCCN1C(=O)c1cc2cc(Cl)ccc2o1. The molecule has 3 aromatic rings. The number of nitrogens with one attached hydrogen (secondary N) is 1. The molecule has 1 aliphatic rings. The summed E-state index contributed by atoms with van der Waals surface area (Å²) in [7, 11) is 1.64. The Morgan fingerprint density at radius 1 is 1.27 bits per heavy atom. The second-order valence-corrected chi connectivity index (χ2v) is 6.69. The van der Waals surface area contributed by atoms with Crippen molar-refractivity contribution >= 4 is 28.5 Å². The van der Waals surface area contributed by atoms with Crippen LogP contribution in [-0.2, 0) is 0 Å². The molecule has 26 heavy (non-hydrogen) atoms. The van der Waals surface area contributed by atoms with Crippen LogP contribution < -0.4 is 10.1 Å². The molecule has 1 fully saturated rings. The highest BCUT2D eigenvalue weighted by Crippen LogP contribution is 2.32. The number of ether oxygens (including phenoxy) is 1. The summed E-state index contributed by atoms with van der Waals surface area (Å²) < 4.78 is 11.3. The van der Waals surface area contributed by atoms with Crippen LogP contribution in [-0.4, -0.2) is 37.6 Å². The number of hydrogen-bond donors (Lipinski definition) is 1. The zero-order chi connectivity index (χ0) is 18.1. The first-order valence-corrected chi connectivity index (χ1v) is 8.89. The number of carbonyl (C=O) groups excluding carboxylic acids is 1. The van der Waals surface area contributed by atoms with Gasteiger partial charge in [-0.1, -0.05) is 29.8 Å². The fraction of sp³-hybridized carbons (Fsp3) is 0.250. The molecule has 0 spiro atoms. The molecule has 134 valence electrons. The molecule has 2 heterocycles. The van der Waals surface area contributed by atoms with E-state index in [-0.39, 0.29) is 11.9 Å². The maximum atomic E-state index is 13.2. The van der Waals surface area contributed by atoms with Crippen LogP contribution in [0.5, 0.6) is 5.75 Å². The van der Waals surface area contributed by atoms with E-state index >= 15 is 0 Å². The van der Waals surface area contributed by atoms with E-state index in [1.165, 1.54) is 0 Å². The highest BCUT2D eigenvalue weighted by Gasteiger charge is 2.32. The number of para-hydroxylation sites is 1. The van der Waals surface area contributed by atoms with Gasteiger partial charge in [0.2, 0.25) is 0 Å². The zero-order valence-electron chi connectivity index (χ0n) is 14.4. The van der Waals surface area contributed by atoms with Crippen molar-refractivity contribution < 1.29 is 13.9 Å². The number of fused-ring (bicyclic) bond motifs is 1. The normalized spacial score (nSPS) is 17.5. The number of piperazine rings is 1. The average Bonchev–Trinajstić information content (AvgIpc) is 3.10. The van der Waals surface area contributed by atoms with Crippen LogP contribution in [0, 0.1) is 0 Å². The van der Waals surface area contributed by atoms with E-state index in [4.69, 9.17) is 20.8 Å². The molecule has 0 bridgehead atoms. The van der Waals surface area contributed by atoms with E-state index in [2.05, 4.69) is 5.32 Å². The Morgan fingerprint density at radius 3 is 2.96 bits per heavy atom. The first-order chi connectivity index (χ1) is 12.7. The summed E-state index contributed by atoms with van der Waals surface area (Å²) in [4.78, 5) is 15.0. The summed E-state index contributed by atoms with van der Waals surface area (Å²) in [5, 5.41) is 4.80. The molecule has 1 N–H and O–H groups in total. The van der Waals surface area contributed by atoms with Crippen LogP contribution >= 0.6 is 11.6 Å². The molecule has 5 nitrogen and oxygen atoms in total. The smallest absolute Gasteiger partial charge is 0.290 e. The van der Waals surface area contributed by atoms with Crippen LogP contribution in [0.4, 0.5) is 0 Å². The lowest BCUT2D eigenvalue weighted by Crippen LogP contribution is -2.48. The number of nitrogens with zero attached hydrogens (tertiary/aromatic N) is 1. The van der Waals surface area contributed by atoms with Crippen molar-refractivity contribution in [3.8, 4) is 5.75 Å². The van der Waals surface area contributed by atoms with Crippen LogP contribution in [0.1, 0.15) is 22.2 Å². The van der Waals surface area contributed by atoms with Crippen molar-refractivity contribution in [2.75, 3.05) is 26.7 Å². The second-order valence-electron chi connectivity index (χ2n) is 6.25. The quantitative estimate of drug-likeness (QED) is 0.760. The van der Waals surface area contributed by atoms with E-state index in [1.807, 2.05) is 29.2 Å². The third kappa shape index (κ3) is 3.04. The van der Waals surface area contributed by atoms with Crippen LogP contribution in [0.3, 0.4) is 0 Å². The molecular formula is C20H19ClN2O3. The molecule has 4 rings (SSSR count). The summed E-state index contributed by atoms with van der Waals surface area (Å²) in [6.45, 7) is 2.00. The lowest BCUT2D eigenvalue weighted by atomic mass is 10.0. The van der Waals surface area contributed by atoms with Gasteiger partial charge in [-0.2, -0.15) is 0 Å². The number of carbonyl (C=O) groups is 1. The van der Waals surface area contributed by atoms with Gasteiger partial charge in [0.1, 0.15) is 11.3 Å². The van der Waals surface area contributed by atoms with E-state index in [0.717, 1.165) is 23.2 Å². The summed E-state index contributed by atoms with van der Waals surface area (Å²) >= 11 is 6.03. The van der Waals surface area contributed by atoms with Gasteiger partial charge >= 0.3 is 0 Å². The largest absolute Gasteiger partial charge is 0.496 e. The molecule has 1 saturated heterocycles. The third-order valence-electron chi connectivity index (χ3n) is 4.69. The average molecular weight is 371 g/mol. The second kappa shape index (κ2) is 7.02. The molecule has 1 aliphatic heterocycles. The number of amides is 1. The van der Waals surface area contributed by atoms with Crippen molar-refractivity contribution in [1.82, 2.24) is 10.2 Å². The minimum absolute atomic E-state index is 0.121. The highest BCUT2D eigenvalue weighted by atomic mass is 35.5. The number of rotatable bonds is 3. The van der Waals surface area contributed by atoms with Crippen LogP contribution in [0.25, 0.3) is 11.0 Å². The molecule has 6 heteroatoms. The maximum absolute atomic E-state index is 13.2. The van der Waals surface area contributed by atoms with Gasteiger partial charge in [-0.05, 0) is 30.3 Å². The Balaban J connectivity index is 1.69. The lowest BCUT2D eigenvalue weighted by molar-refractivity contribution is 0.0601. The molecule has 1 aromatic heterocycles. The van der Waals surface area contributed by atoms with Gasteiger partial charge in [-0.25, -0.2) is 0 Å². The summed E-state index contributed by atoms with van der Waals surface area (Å²) in [6, 6.07) is 14.8. The number of methoxy groups -OCH3 is 1. The molecule has 0 radical (unpaired) electrons. The first kappa shape index (κ1) is 16.9. The van der Waals surface area contributed by atoms with E-state index in [9.17, 15) is 4.79 Å². The Hall–Kier alpha value is -2.50. The number of benzene rings is 2. The predicted molar refractivity (Wildman–Crippen MR) is 101 cm³/mol. The topological polar surface area (TPSA) is 54.7 Å². The van der Waals surface area contributed by atoms with Gasteiger partial charge < -0.3 is 19.4 Å². The standard InChI is InChI=1S/C20H19ClN2O3/c1-25-18-5-3-2-4-15(18)16-12-22-8-9-23(16)20(24)19-11-13-10-14(21)6-7-17(13)26-19/h2-7,10-11,16,22H,8-9,12H2,1H3. The van der Waals surface area contributed by atoms with Gasteiger partial charge in [-0.15, -0.1) is 0 Å². The Kier molecular flexibility index (Phi) is 4.57. The zero-order valence-corrected chi connectivity index (χ0v) is 15.1. The van der Waals surface area contributed by atoms with Crippen molar-refractivity contribution in [2.24, 2.45) is 0 Å². The summed E-state index contributed by atoms with van der Waals surface area (Å²) in [5.41, 5.74) is 1.64. The number of furan rings is 1. The monoisotopic (exact) mass is 370 g/mol. The van der Waals surface area contributed by atoms with Crippen molar-refractivity contribution in [1.29, 1.82) is 0 Å². The molecule has 1 atom stereocenters. The maximum Gasteiger partial charge on any atom is 0.290 e. The molecule has 2 aromatic carbocycles. The van der Waals surface area contributed by atoms with E-state index < -0.39 is 0 Å². The van der Waals surface area contributed by atoms with Gasteiger partial charge in [-0.3, -0.25) is 4.79 Å². The number of halogens is 1. The minimum Gasteiger partial charge on any atom is -0.496 e. The van der Waals surface area contributed by atoms with Gasteiger partial charge in [0, 0.05) is 35.6 Å². The molecule has 0 aliphatic carbocycles. The van der Waals surface area contributed by atoms with Gasteiger partial charge in [0.25, 0.3) is 5.91 Å². The Bertz CT molecular complexity index is 953. The Labute approximate surface area is 156 Å². The van der Waals surface area contributed by atoms with Crippen molar-refractivity contribution in [3.05, 3.63) is 64.9 Å². The highest BCUT2D eigenvalue weighted by molar-refractivity contribution is 6.31. The minimum atomic E-state index is -0.130. The molecule has 1 amide bonds. The fourth-order valence-corrected chi connectivity index (χ4v) is 3.61. The fourth-order valence-electron chi connectivity index (χ4n) is 3.43. The number of hydrogen-bond acceptors (Lipinski definition) is 4. The predicted octanol–water partition coefficient (Wildman–Crippen LogP) is 3.88. The Morgan fingerprint density at radius 2 is 2.12 bits per heavy atom. The first-order valence-electron chi connectivity index (χ1n) is 8.51. The van der Waals surface area contributed by atoms with Gasteiger partial charge in [0.05, 0.1) is 13.2 Å². The van der Waals surface area contributed by atoms with E-state index in [1.54, 1.807) is 31.4 Å². The van der Waals surface area contributed by atoms with Gasteiger partial charge in [0.15, 0.2) is 5.76 Å². The van der Waals surface area contributed by atoms with E-state index in [0.29, 0.717) is 29.5 Å². The third-order valence-corrected chi connectivity index (χ3v) is 4.93. The van der Waals surface area contributed by atoms with Crippen molar-refractivity contribution in [3.63, 3.8) is 0 Å². The molecule has 1 unspecified atom stereocenters. The van der Waals surface area contributed by atoms with Crippen LogP contribution in [0.15, 0.2) is 52.9 Å². The molecule has 0 saturated carbocycles. The van der Waals surface area contributed by atoms with Crippen LogP contribution in [0.2, 0.25) is 5.02 Å². The lowest BCUT2D eigenvalue weighted by Gasteiger charge is -2.36. The summed E-state index contributed by atoms with van der Waals surface area (Å²) in [6.07, 6.45) is 0. The summed E-state index contributed by atoms with van der Waals surface area (Å²) in [5.74, 6) is 0.967. The van der Waals surface area contributed by atoms with Crippen molar-refractivity contribution in [2.45, 2.75) is 6.04 Å². The molecular weight excluding hydrogens is 352 g/mol.